The number of nitrogens with zero attached hydrogens (tertiary/aromatic N) is 1. The third-order valence-electron chi connectivity index (χ3n) is 1.08. The highest BCUT2D eigenvalue weighted by molar-refractivity contribution is 7.74. The van der Waals surface area contributed by atoms with Crippen LogP contribution in [0.25, 0.3) is 0 Å². The van der Waals surface area contributed by atoms with E-state index in [9.17, 15) is 13.6 Å². The summed E-state index contributed by atoms with van der Waals surface area (Å²) < 4.78 is 23.6. The number of hydrogen-bond donors (Lipinski definition) is 1. The maximum Gasteiger partial charge on any atom is 0.266 e. The van der Waals surface area contributed by atoms with Gasteiger partial charge in [-0.2, -0.15) is 4.28 Å². The van der Waals surface area contributed by atoms with Gasteiger partial charge in [0.1, 0.15) is 17.4 Å². The highest BCUT2D eigenvalue weighted by Gasteiger charge is 2.35. The maximum absolute atomic E-state index is 10.5. The van der Waals surface area contributed by atoms with Crippen LogP contribution in [0.3, 0.4) is 0 Å². The van der Waals surface area contributed by atoms with E-state index in [2.05, 4.69) is 4.28 Å². The Balaban J connectivity index is 2.34. The molecule has 58 valence electrons. The average Bonchev–Trinajstić information content (AvgIpc) is 1.86. The SMILES string of the molecule is NC1CN(OS(=O)[O-])C1=O. The van der Waals surface area contributed by atoms with E-state index in [1.54, 1.807) is 0 Å². The van der Waals surface area contributed by atoms with Gasteiger partial charge in [-0.15, -0.1) is 0 Å². The van der Waals surface area contributed by atoms with Gasteiger partial charge in [0, 0.05) is 0 Å². The van der Waals surface area contributed by atoms with Crippen molar-refractivity contribution in [1.82, 2.24) is 5.06 Å². The molecular weight excluding hydrogens is 160 g/mol. The number of β-lactam (4-membered cyclic amide) rings is 1. The first-order chi connectivity index (χ1) is 4.61. The number of hydrogen-bond acceptors (Lipinski definition) is 5. The standard InChI is InChI=1S/C3H6N2O4S/c4-2-1-5(3(2)6)9-10(7)8/h2H,1,4H2,(H,7,8)/p-1. The summed E-state index contributed by atoms with van der Waals surface area (Å²) in [6.07, 6.45) is 0. The van der Waals surface area contributed by atoms with E-state index >= 15 is 0 Å². The molecule has 0 spiro atoms. The van der Waals surface area contributed by atoms with Crippen LogP contribution in [0.1, 0.15) is 0 Å². The molecule has 1 aliphatic heterocycles. The highest BCUT2D eigenvalue weighted by atomic mass is 32.2. The molecule has 10 heavy (non-hydrogen) atoms. The second kappa shape index (κ2) is 2.62. The third-order valence-corrected chi connectivity index (χ3v) is 1.38. The Morgan fingerprint density at radius 1 is 1.90 bits per heavy atom. The summed E-state index contributed by atoms with van der Waals surface area (Å²) in [7, 11) is 0. The molecule has 0 bridgehead atoms. The summed E-state index contributed by atoms with van der Waals surface area (Å²) in [5.41, 5.74) is 5.12. The molecule has 1 fully saturated rings. The average molecular weight is 165 g/mol. The molecule has 2 atom stereocenters. The van der Waals surface area contributed by atoms with Gasteiger partial charge in [0.2, 0.25) is 0 Å². The van der Waals surface area contributed by atoms with E-state index in [1.165, 1.54) is 0 Å². The van der Waals surface area contributed by atoms with E-state index in [0.717, 1.165) is 0 Å². The first-order valence-electron chi connectivity index (χ1n) is 2.46. The van der Waals surface area contributed by atoms with Crippen LogP contribution in [0.4, 0.5) is 0 Å². The Labute approximate surface area is 59.4 Å². The Morgan fingerprint density at radius 2 is 2.50 bits per heavy atom. The first kappa shape index (κ1) is 7.61. The lowest BCUT2D eigenvalue weighted by Gasteiger charge is -2.33. The monoisotopic (exact) mass is 165 g/mol. The van der Waals surface area contributed by atoms with Gasteiger partial charge in [0.05, 0.1) is 6.54 Å². The molecule has 7 heteroatoms. The predicted molar refractivity (Wildman–Crippen MR) is 29.7 cm³/mol. The molecule has 1 amide bonds. The zero-order valence-electron chi connectivity index (χ0n) is 4.85. The zero-order valence-corrected chi connectivity index (χ0v) is 5.67. The van der Waals surface area contributed by atoms with E-state index in [4.69, 9.17) is 5.73 Å². The highest BCUT2D eigenvalue weighted by Crippen LogP contribution is 2.08. The van der Waals surface area contributed by atoms with Crippen molar-refractivity contribution < 1.29 is 17.8 Å². The molecule has 0 aromatic heterocycles. The second-order valence-corrected chi connectivity index (χ2v) is 2.34. The number of rotatable bonds is 2. The van der Waals surface area contributed by atoms with Gasteiger partial charge < -0.3 is 10.3 Å². The van der Waals surface area contributed by atoms with Gasteiger partial charge in [-0.3, -0.25) is 4.79 Å². The van der Waals surface area contributed by atoms with Crippen LogP contribution in [0.5, 0.6) is 0 Å². The van der Waals surface area contributed by atoms with E-state index in [1.807, 2.05) is 0 Å². The molecule has 0 saturated carbocycles. The Morgan fingerprint density at radius 3 is 2.80 bits per heavy atom. The summed E-state index contributed by atoms with van der Waals surface area (Å²) in [4.78, 5) is 10.5. The van der Waals surface area contributed by atoms with Crippen molar-refractivity contribution >= 4 is 17.3 Å². The molecule has 1 saturated heterocycles. The van der Waals surface area contributed by atoms with Crippen LogP contribution in [-0.4, -0.2) is 32.3 Å². The van der Waals surface area contributed by atoms with Crippen LogP contribution in [0.15, 0.2) is 0 Å². The van der Waals surface area contributed by atoms with Crippen molar-refractivity contribution in [3.8, 4) is 0 Å². The Bertz CT molecular complexity index is 183. The molecule has 6 nitrogen and oxygen atoms in total. The molecule has 1 aliphatic rings. The van der Waals surface area contributed by atoms with Gasteiger partial charge in [0.15, 0.2) is 0 Å². The topological polar surface area (TPSA) is 95.7 Å². The maximum atomic E-state index is 10.5. The number of carbonyl (C=O) groups is 1. The minimum atomic E-state index is -2.68. The van der Waals surface area contributed by atoms with Crippen molar-refractivity contribution in [3.05, 3.63) is 0 Å². The third kappa shape index (κ3) is 1.32. The van der Waals surface area contributed by atoms with Crippen molar-refractivity contribution in [3.63, 3.8) is 0 Å². The number of carbonyl (C=O) groups excluding carboxylic acids is 1. The molecule has 0 aliphatic carbocycles. The van der Waals surface area contributed by atoms with Crippen LogP contribution in [-0.2, 0) is 20.4 Å². The predicted octanol–water partition coefficient (Wildman–Crippen LogP) is -2.12. The number of hydroxylamine groups is 2. The van der Waals surface area contributed by atoms with Crippen LogP contribution in [0.2, 0.25) is 0 Å². The second-order valence-electron chi connectivity index (χ2n) is 1.78. The minimum Gasteiger partial charge on any atom is -0.748 e. The molecule has 2 unspecified atom stereocenters. The van der Waals surface area contributed by atoms with Crippen LogP contribution in [0, 0.1) is 0 Å². The molecule has 0 aromatic rings. The smallest absolute Gasteiger partial charge is 0.266 e. The lowest BCUT2D eigenvalue weighted by atomic mass is 10.2. The summed E-state index contributed by atoms with van der Waals surface area (Å²) in [5.74, 6) is -0.510. The lowest BCUT2D eigenvalue weighted by Crippen LogP contribution is -2.60. The van der Waals surface area contributed by atoms with Gasteiger partial charge in [-0.05, 0) is 0 Å². The summed E-state index contributed by atoms with van der Waals surface area (Å²) in [5, 5.41) is 0.688. The van der Waals surface area contributed by atoms with E-state index in [0.29, 0.717) is 5.06 Å². The Hall–Kier alpha value is -0.500. The van der Waals surface area contributed by atoms with E-state index in [-0.39, 0.29) is 6.54 Å². The first-order valence-corrected chi connectivity index (χ1v) is 3.46. The zero-order chi connectivity index (χ0) is 7.72. The molecule has 0 radical (unpaired) electrons. The summed E-state index contributed by atoms with van der Waals surface area (Å²) >= 11 is -2.68. The van der Waals surface area contributed by atoms with Crippen LogP contribution < -0.4 is 5.73 Å². The summed E-state index contributed by atoms with van der Waals surface area (Å²) in [6, 6.07) is -0.608. The van der Waals surface area contributed by atoms with Crippen LogP contribution >= 0.6 is 0 Å². The molecule has 2 N–H and O–H groups in total. The Kier molecular flexibility index (Phi) is 2.00. The molecule has 1 heterocycles. The fourth-order valence-electron chi connectivity index (χ4n) is 0.560. The minimum absolute atomic E-state index is 0.132. The lowest BCUT2D eigenvalue weighted by molar-refractivity contribution is -0.177. The quantitative estimate of drug-likeness (QED) is 0.373. The van der Waals surface area contributed by atoms with Gasteiger partial charge in [-0.25, -0.2) is 9.27 Å². The van der Waals surface area contributed by atoms with Crippen molar-refractivity contribution in [1.29, 1.82) is 0 Å². The van der Waals surface area contributed by atoms with Gasteiger partial charge in [-0.1, -0.05) is 0 Å². The van der Waals surface area contributed by atoms with Crippen molar-refractivity contribution in [2.24, 2.45) is 5.73 Å². The van der Waals surface area contributed by atoms with E-state index < -0.39 is 23.3 Å². The van der Waals surface area contributed by atoms with Crippen molar-refractivity contribution in [2.75, 3.05) is 6.54 Å². The number of nitrogens with two attached hydrogens (primary N) is 1. The summed E-state index contributed by atoms with van der Waals surface area (Å²) in [6.45, 7) is 0.132. The fraction of sp³-hybridized carbons (Fsp3) is 0.667. The normalized spacial score (nSPS) is 28.0. The molecular formula is C3H5N2O4S-. The van der Waals surface area contributed by atoms with Gasteiger partial charge in [0.25, 0.3) is 5.91 Å². The molecule has 1 rings (SSSR count). The fourth-order valence-corrected chi connectivity index (χ4v) is 0.841. The van der Waals surface area contributed by atoms with Crippen molar-refractivity contribution in [2.45, 2.75) is 6.04 Å². The molecule has 0 aromatic carbocycles. The van der Waals surface area contributed by atoms with Gasteiger partial charge >= 0.3 is 0 Å². The largest absolute Gasteiger partial charge is 0.748 e. The number of amides is 1.